The van der Waals surface area contributed by atoms with Gasteiger partial charge < -0.3 is 0 Å². The van der Waals surface area contributed by atoms with E-state index in [1.54, 1.807) is 12.1 Å². The van der Waals surface area contributed by atoms with Crippen LogP contribution in [0.3, 0.4) is 0 Å². The second kappa shape index (κ2) is 11.1. The lowest BCUT2D eigenvalue weighted by atomic mass is 9.76. The Morgan fingerprint density at radius 2 is 1.61 bits per heavy atom. The third-order valence-corrected chi connectivity index (χ3v) is 7.88. The second-order valence-electron chi connectivity index (χ2n) is 9.26. The maximum absolute atomic E-state index is 14.0. The molecule has 0 radical (unpaired) electrons. The minimum Gasteiger partial charge on any atom is -0.292 e. The number of hydrazine groups is 1. The largest absolute Gasteiger partial charge is 0.292 e. The Morgan fingerprint density at radius 1 is 0.972 bits per heavy atom. The number of ketones is 1. The van der Waals surface area contributed by atoms with Crippen LogP contribution in [0, 0.1) is 17.8 Å². The van der Waals surface area contributed by atoms with Crippen molar-refractivity contribution in [2.24, 2.45) is 17.8 Å². The summed E-state index contributed by atoms with van der Waals surface area (Å²) in [5.74, 6) is -3.02. The molecular formula is C26H24Cl4N2O4. The van der Waals surface area contributed by atoms with Crippen molar-refractivity contribution < 1.29 is 19.2 Å². The first-order valence-electron chi connectivity index (χ1n) is 11.7. The average Bonchev–Trinajstić information content (AvgIpc) is 3.08. The molecule has 4 atom stereocenters. The molecule has 0 unspecified atom stereocenters. The van der Waals surface area contributed by atoms with Crippen LogP contribution in [-0.4, -0.2) is 45.4 Å². The van der Waals surface area contributed by atoms with Gasteiger partial charge in [0.2, 0.25) is 0 Å². The monoisotopic (exact) mass is 568 g/mol. The molecule has 1 aliphatic carbocycles. The van der Waals surface area contributed by atoms with E-state index in [1.165, 1.54) is 30.3 Å². The van der Waals surface area contributed by atoms with Crippen molar-refractivity contribution in [1.82, 2.24) is 10.0 Å². The van der Waals surface area contributed by atoms with Gasteiger partial charge in [0.15, 0.2) is 5.78 Å². The topological polar surface area (TPSA) is 74.8 Å². The van der Waals surface area contributed by atoms with E-state index in [-0.39, 0.29) is 34.4 Å². The van der Waals surface area contributed by atoms with E-state index in [0.29, 0.717) is 22.9 Å². The van der Waals surface area contributed by atoms with Crippen LogP contribution >= 0.6 is 46.4 Å². The number of carbonyl (C=O) groups excluding carboxylic acids is 4. The third kappa shape index (κ3) is 5.14. The molecule has 2 aliphatic rings. The number of amides is 3. The van der Waals surface area contributed by atoms with Crippen molar-refractivity contribution in [2.45, 2.75) is 38.6 Å². The normalized spacial score (nSPS) is 22.4. The summed E-state index contributed by atoms with van der Waals surface area (Å²) in [5.41, 5.74) is 0.271. The van der Waals surface area contributed by atoms with Gasteiger partial charge in [0, 0.05) is 21.5 Å². The van der Waals surface area contributed by atoms with Gasteiger partial charge in [0.05, 0.1) is 22.4 Å². The van der Waals surface area contributed by atoms with Gasteiger partial charge in [-0.2, -0.15) is 5.01 Å². The summed E-state index contributed by atoms with van der Waals surface area (Å²) in [6, 6.07) is 9.21. The van der Waals surface area contributed by atoms with Crippen molar-refractivity contribution in [3.8, 4) is 0 Å². The molecule has 1 aliphatic heterocycles. The van der Waals surface area contributed by atoms with Crippen LogP contribution in [0.25, 0.3) is 0 Å². The molecule has 0 N–H and O–H groups in total. The number of hydrogen-bond acceptors (Lipinski definition) is 4. The molecule has 0 spiro atoms. The summed E-state index contributed by atoms with van der Waals surface area (Å²) in [7, 11) is 0. The Hall–Kier alpha value is -2.12. The Bertz CT molecular complexity index is 1200. The van der Waals surface area contributed by atoms with Gasteiger partial charge in [-0.25, -0.2) is 5.01 Å². The molecule has 6 nitrogen and oxygen atoms in total. The lowest BCUT2D eigenvalue weighted by molar-refractivity contribution is -0.156. The zero-order valence-corrected chi connectivity index (χ0v) is 22.4. The molecule has 2 aromatic rings. The van der Waals surface area contributed by atoms with Crippen LogP contribution in [0.5, 0.6) is 0 Å². The molecule has 4 rings (SSSR count). The number of rotatable bonds is 7. The molecule has 36 heavy (non-hydrogen) atoms. The molecule has 0 aromatic heterocycles. The smallest absolute Gasteiger partial charge is 0.275 e. The van der Waals surface area contributed by atoms with Gasteiger partial charge in [-0.1, -0.05) is 41.7 Å². The fourth-order valence-corrected chi connectivity index (χ4v) is 5.84. The van der Waals surface area contributed by atoms with E-state index in [0.717, 1.165) is 16.4 Å². The van der Waals surface area contributed by atoms with Gasteiger partial charge in [-0.3, -0.25) is 19.2 Å². The minimum absolute atomic E-state index is 0.00222. The summed E-state index contributed by atoms with van der Waals surface area (Å²) < 4.78 is 0. The lowest BCUT2D eigenvalue weighted by Crippen LogP contribution is -2.57. The SMILES string of the molecule is C[C@@H]1CC[C@@H]2C(=O)N(N(C(=O)c3ccc(Cl)cc3Cl)[C@@H](CCCl)C(=O)c3ccc(Cl)cc3)C(=O)[C@@H]2C1. The molecule has 190 valence electrons. The first-order chi connectivity index (χ1) is 17.1. The highest BCUT2D eigenvalue weighted by Crippen LogP contribution is 2.42. The van der Waals surface area contributed by atoms with Crippen molar-refractivity contribution in [3.05, 3.63) is 68.7 Å². The fourth-order valence-electron chi connectivity index (χ4n) is 5.02. The van der Waals surface area contributed by atoms with Gasteiger partial charge in [0.1, 0.15) is 6.04 Å². The summed E-state index contributed by atoms with van der Waals surface area (Å²) >= 11 is 24.4. The van der Waals surface area contributed by atoms with E-state index in [9.17, 15) is 19.2 Å². The van der Waals surface area contributed by atoms with E-state index >= 15 is 0 Å². The van der Waals surface area contributed by atoms with Crippen LogP contribution in [0.1, 0.15) is 53.3 Å². The molecule has 1 saturated carbocycles. The maximum atomic E-state index is 14.0. The standard InChI is InChI=1S/C26H24Cl4N2O4/c1-14-2-8-18-20(12-14)26(36)32(24(18)34)31(25(35)19-9-7-17(29)13-21(19)30)22(10-11-27)23(33)15-3-5-16(28)6-4-15/h3-7,9,13-14,18,20,22H,2,8,10-12H2,1H3/t14-,18+,20-,22+/m1/s1. The number of halogens is 4. The summed E-state index contributed by atoms with van der Waals surface area (Å²) in [5, 5.41) is 2.61. The van der Waals surface area contributed by atoms with E-state index in [4.69, 9.17) is 46.4 Å². The van der Waals surface area contributed by atoms with E-state index in [1.807, 2.05) is 6.92 Å². The Kier molecular flexibility index (Phi) is 8.30. The zero-order chi connectivity index (χ0) is 26.1. The first-order valence-corrected chi connectivity index (χ1v) is 13.3. The number of alkyl halides is 1. The Morgan fingerprint density at radius 3 is 2.25 bits per heavy atom. The molecule has 0 bridgehead atoms. The number of carbonyl (C=O) groups is 4. The molecule has 2 fully saturated rings. The second-order valence-corrected chi connectivity index (χ2v) is 10.9. The van der Waals surface area contributed by atoms with Crippen molar-refractivity contribution in [3.63, 3.8) is 0 Å². The van der Waals surface area contributed by atoms with Crippen LogP contribution in [-0.2, 0) is 9.59 Å². The van der Waals surface area contributed by atoms with Crippen LogP contribution in [0.15, 0.2) is 42.5 Å². The van der Waals surface area contributed by atoms with Crippen LogP contribution in [0.4, 0.5) is 0 Å². The molecule has 2 aromatic carbocycles. The van der Waals surface area contributed by atoms with E-state index in [2.05, 4.69) is 0 Å². The van der Waals surface area contributed by atoms with Gasteiger partial charge in [-0.05, 0) is 74.1 Å². The van der Waals surface area contributed by atoms with Crippen LogP contribution in [0.2, 0.25) is 15.1 Å². The number of nitrogens with zero attached hydrogens (tertiary/aromatic N) is 2. The number of hydrogen-bond donors (Lipinski definition) is 0. The summed E-state index contributed by atoms with van der Waals surface area (Å²) in [6.45, 7) is 2.04. The highest BCUT2D eigenvalue weighted by molar-refractivity contribution is 6.37. The fraction of sp³-hybridized carbons (Fsp3) is 0.385. The lowest BCUT2D eigenvalue weighted by Gasteiger charge is -2.36. The van der Waals surface area contributed by atoms with Crippen molar-refractivity contribution >= 4 is 69.9 Å². The highest BCUT2D eigenvalue weighted by Gasteiger charge is 2.54. The number of imide groups is 1. The predicted molar refractivity (Wildman–Crippen MR) is 139 cm³/mol. The summed E-state index contributed by atoms with van der Waals surface area (Å²) in [4.78, 5) is 54.9. The molecule has 1 saturated heterocycles. The molecule has 10 heteroatoms. The van der Waals surface area contributed by atoms with Gasteiger partial charge >= 0.3 is 0 Å². The number of Topliss-reactive ketones (excluding diaryl/α,β-unsaturated/α-hetero) is 1. The quantitative estimate of drug-likeness (QED) is 0.222. The summed E-state index contributed by atoms with van der Waals surface area (Å²) in [6.07, 6.45) is 1.89. The van der Waals surface area contributed by atoms with Gasteiger partial charge in [0.25, 0.3) is 17.7 Å². The minimum atomic E-state index is -1.23. The van der Waals surface area contributed by atoms with E-state index < -0.39 is 41.4 Å². The molecular weight excluding hydrogens is 546 g/mol. The average molecular weight is 570 g/mol. The predicted octanol–water partition coefficient (Wildman–Crippen LogP) is 6.31. The van der Waals surface area contributed by atoms with Crippen molar-refractivity contribution in [1.29, 1.82) is 0 Å². The molecule has 1 heterocycles. The Labute approximate surface area is 229 Å². The maximum Gasteiger partial charge on any atom is 0.275 e. The van der Waals surface area contributed by atoms with Crippen molar-refractivity contribution in [2.75, 3.05) is 5.88 Å². The molecule has 3 amide bonds. The number of fused-ring (bicyclic) bond motifs is 1. The number of benzene rings is 2. The first kappa shape index (κ1) is 26.9. The highest BCUT2D eigenvalue weighted by atomic mass is 35.5. The zero-order valence-electron chi connectivity index (χ0n) is 19.4. The van der Waals surface area contributed by atoms with Crippen LogP contribution < -0.4 is 0 Å². The Balaban J connectivity index is 1.82. The van der Waals surface area contributed by atoms with Gasteiger partial charge in [-0.15, -0.1) is 11.6 Å². The third-order valence-electron chi connectivity index (χ3n) is 6.86.